The standard InChI is InChI=1S/C13H14N4O/c1-8(11-5-6-14-17-11)15-10-3-4-13-12(7-10)16-9(2)18-13/h3-8,15H,1-2H3,(H,14,17). The number of hydrogen-bond acceptors (Lipinski definition) is 4. The van der Waals surface area contributed by atoms with Crippen LogP contribution >= 0.6 is 0 Å². The molecule has 0 fully saturated rings. The molecule has 5 heteroatoms. The molecule has 2 aromatic heterocycles. The third-order valence-electron chi connectivity index (χ3n) is 2.87. The highest BCUT2D eigenvalue weighted by Crippen LogP contribution is 2.22. The number of nitrogens with zero attached hydrogens (tertiary/aromatic N) is 2. The Balaban J connectivity index is 1.86. The molecular formula is C13H14N4O. The van der Waals surface area contributed by atoms with Gasteiger partial charge in [0.2, 0.25) is 0 Å². The SMILES string of the molecule is Cc1nc2cc(NC(C)c3ccn[nH]3)ccc2o1. The number of aromatic nitrogens is 3. The molecule has 0 radical (unpaired) electrons. The molecule has 3 aromatic rings. The summed E-state index contributed by atoms with van der Waals surface area (Å²) >= 11 is 0. The van der Waals surface area contributed by atoms with Crippen LogP contribution in [0.2, 0.25) is 0 Å². The Morgan fingerprint density at radius 3 is 3.00 bits per heavy atom. The number of H-pyrrole nitrogens is 1. The molecule has 2 N–H and O–H groups in total. The fourth-order valence-electron chi connectivity index (χ4n) is 1.97. The van der Waals surface area contributed by atoms with Crippen molar-refractivity contribution in [3.05, 3.63) is 42.0 Å². The van der Waals surface area contributed by atoms with Crippen LogP contribution in [0.25, 0.3) is 11.1 Å². The van der Waals surface area contributed by atoms with Crippen molar-refractivity contribution < 1.29 is 4.42 Å². The predicted molar refractivity (Wildman–Crippen MR) is 69.4 cm³/mol. The molecule has 5 nitrogen and oxygen atoms in total. The van der Waals surface area contributed by atoms with Crippen LogP contribution in [-0.4, -0.2) is 15.2 Å². The van der Waals surface area contributed by atoms with Crippen LogP contribution in [0.4, 0.5) is 5.69 Å². The highest BCUT2D eigenvalue weighted by atomic mass is 16.3. The first-order chi connectivity index (χ1) is 8.72. The van der Waals surface area contributed by atoms with Crippen LogP contribution in [0.1, 0.15) is 24.6 Å². The lowest BCUT2D eigenvalue weighted by Gasteiger charge is -2.13. The van der Waals surface area contributed by atoms with E-state index < -0.39 is 0 Å². The van der Waals surface area contributed by atoms with E-state index in [2.05, 4.69) is 27.4 Å². The Hall–Kier alpha value is -2.30. The van der Waals surface area contributed by atoms with Gasteiger partial charge in [-0.15, -0.1) is 0 Å². The van der Waals surface area contributed by atoms with Gasteiger partial charge in [-0.3, -0.25) is 5.10 Å². The molecular weight excluding hydrogens is 228 g/mol. The Labute approximate surface area is 104 Å². The summed E-state index contributed by atoms with van der Waals surface area (Å²) in [6.45, 7) is 3.92. The lowest BCUT2D eigenvalue weighted by Crippen LogP contribution is -2.06. The quantitative estimate of drug-likeness (QED) is 0.740. The smallest absolute Gasteiger partial charge is 0.192 e. The van der Waals surface area contributed by atoms with Crippen LogP contribution in [0, 0.1) is 6.92 Å². The zero-order chi connectivity index (χ0) is 12.5. The van der Waals surface area contributed by atoms with Crippen molar-refractivity contribution in [3.63, 3.8) is 0 Å². The van der Waals surface area contributed by atoms with Gasteiger partial charge in [-0.25, -0.2) is 4.98 Å². The number of rotatable bonds is 3. The normalized spacial score (nSPS) is 12.8. The first-order valence-electron chi connectivity index (χ1n) is 5.85. The van der Waals surface area contributed by atoms with Gasteiger partial charge in [0.25, 0.3) is 0 Å². The molecule has 1 unspecified atom stereocenters. The molecule has 0 bridgehead atoms. The Morgan fingerprint density at radius 2 is 2.22 bits per heavy atom. The molecule has 2 heterocycles. The second-order valence-corrected chi connectivity index (χ2v) is 4.29. The Bertz CT molecular complexity index is 657. The molecule has 18 heavy (non-hydrogen) atoms. The zero-order valence-electron chi connectivity index (χ0n) is 10.3. The number of anilines is 1. The molecule has 0 amide bonds. The number of aryl methyl sites for hydroxylation is 1. The molecule has 0 saturated heterocycles. The van der Waals surface area contributed by atoms with E-state index >= 15 is 0 Å². The summed E-state index contributed by atoms with van der Waals surface area (Å²) in [5.74, 6) is 0.684. The molecule has 0 aliphatic carbocycles. The summed E-state index contributed by atoms with van der Waals surface area (Å²) in [6.07, 6.45) is 1.75. The molecule has 0 aliphatic rings. The van der Waals surface area contributed by atoms with Crippen molar-refractivity contribution in [1.82, 2.24) is 15.2 Å². The molecule has 0 spiro atoms. The minimum atomic E-state index is 0.165. The number of fused-ring (bicyclic) bond motifs is 1. The van der Waals surface area contributed by atoms with Crippen LogP contribution in [0.15, 0.2) is 34.9 Å². The van der Waals surface area contributed by atoms with Crippen molar-refractivity contribution >= 4 is 16.8 Å². The summed E-state index contributed by atoms with van der Waals surface area (Å²) in [5, 5.41) is 10.3. The summed E-state index contributed by atoms with van der Waals surface area (Å²) < 4.78 is 5.45. The van der Waals surface area contributed by atoms with Gasteiger partial charge in [-0.05, 0) is 31.2 Å². The van der Waals surface area contributed by atoms with E-state index in [0.29, 0.717) is 5.89 Å². The van der Waals surface area contributed by atoms with Gasteiger partial charge in [0.05, 0.1) is 11.7 Å². The topological polar surface area (TPSA) is 66.7 Å². The highest BCUT2D eigenvalue weighted by Gasteiger charge is 2.08. The van der Waals surface area contributed by atoms with E-state index in [1.54, 1.807) is 6.20 Å². The average molecular weight is 242 g/mol. The number of aromatic amines is 1. The van der Waals surface area contributed by atoms with E-state index in [1.165, 1.54) is 0 Å². The summed E-state index contributed by atoms with van der Waals surface area (Å²) in [4.78, 5) is 4.32. The third kappa shape index (κ3) is 1.95. The van der Waals surface area contributed by atoms with E-state index in [1.807, 2.05) is 31.2 Å². The largest absolute Gasteiger partial charge is 0.441 e. The van der Waals surface area contributed by atoms with Crippen molar-refractivity contribution in [2.75, 3.05) is 5.32 Å². The van der Waals surface area contributed by atoms with Gasteiger partial charge in [0.1, 0.15) is 5.52 Å². The van der Waals surface area contributed by atoms with E-state index in [-0.39, 0.29) is 6.04 Å². The number of benzene rings is 1. The van der Waals surface area contributed by atoms with Gasteiger partial charge in [0.15, 0.2) is 11.5 Å². The molecule has 1 atom stereocenters. The van der Waals surface area contributed by atoms with Crippen molar-refractivity contribution in [1.29, 1.82) is 0 Å². The zero-order valence-corrected chi connectivity index (χ0v) is 10.3. The minimum Gasteiger partial charge on any atom is -0.441 e. The maximum Gasteiger partial charge on any atom is 0.192 e. The first kappa shape index (κ1) is 10.8. The number of oxazole rings is 1. The molecule has 92 valence electrons. The third-order valence-corrected chi connectivity index (χ3v) is 2.87. The second kappa shape index (κ2) is 4.18. The highest BCUT2D eigenvalue weighted by molar-refractivity contribution is 5.77. The van der Waals surface area contributed by atoms with Crippen LogP contribution in [0.3, 0.4) is 0 Å². The van der Waals surface area contributed by atoms with E-state index in [0.717, 1.165) is 22.5 Å². The van der Waals surface area contributed by atoms with Crippen molar-refractivity contribution in [2.24, 2.45) is 0 Å². The first-order valence-corrected chi connectivity index (χ1v) is 5.85. The molecule has 1 aromatic carbocycles. The fraction of sp³-hybridized carbons (Fsp3) is 0.231. The molecule has 0 saturated carbocycles. The van der Waals surface area contributed by atoms with Gasteiger partial charge < -0.3 is 9.73 Å². The lowest BCUT2D eigenvalue weighted by molar-refractivity contribution is 0.561. The fourth-order valence-corrected chi connectivity index (χ4v) is 1.97. The summed E-state index contributed by atoms with van der Waals surface area (Å²) in [6, 6.07) is 8.02. The predicted octanol–water partition coefficient (Wildman–Crippen LogP) is 3.03. The monoisotopic (exact) mass is 242 g/mol. The number of hydrogen-bond donors (Lipinski definition) is 2. The Kier molecular flexibility index (Phi) is 2.51. The second-order valence-electron chi connectivity index (χ2n) is 4.29. The summed E-state index contributed by atoms with van der Waals surface area (Å²) in [5.41, 5.74) is 3.74. The van der Waals surface area contributed by atoms with Gasteiger partial charge in [0, 0.05) is 18.8 Å². The molecule has 0 aliphatic heterocycles. The van der Waals surface area contributed by atoms with Crippen LogP contribution in [0.5, 0.6) is 0 Å². The molecule has 3 rings (SSSR count). The van der Waals surface area contributed by atoms with E-state index in [4.69, 9.17) is 4.42 Å². The maximum absolute atomic E-state index is 5.45. The van der Waals surface area contributed by atoms with Crippen LogP contribution in [-0.2, 0) is 0 Å². The Morgan fingerprint density at radius 1 is 1.33 bits per heavy atom. The van der Waals surface area contributed by atoms with Gasteiger partial charge in [-0.1, -0.05) is 0 Å². The van der Waals surface area contributed by atoms with Crippen molar-refractivity contribution in [3.8, 4) is 0 Å². The van der Waals surface area contributed by atoms with Gasteiger partial charge in [-0.2, -0.15) is 5.10 Å². The summed E-state index contributed by atoms with van der Waals surface area (Å²) in [7, 11) is 0. The maximum atomic E-state index is 5.45. The number of nitrogens with one attached hydrogen (secondary N) is 2. The van der Waals surface area contributed by atoms with Crippen LogP contribution < -0.4 is 5.32 Å². The van der Waals surface area contributed by atoms with Crippen molar-refractivity contribution in [2.45, 2.75) is 19.9 Å². The average Bonchev–Trinajstić information content (AvgIpc) is 2.95. The lowest BCUT2D eigenvalue weighted by atomic mass is 10.2. The van der Waals surface area contributed by atoms with E-state index in [9.17, 15) is 0 Å². The van der Waals surface area contributed by atoms with Gasteiger partial charge >= 0.3 is 0 Å². The minimum absolute atomic E-state index is 0.165.